The summed E-state index contributed by atoms with van der Waals surface area (Å²) in [7, 11) is 0. The topological polar surface area (TPSA) is 35.5 Å². The molecule has 3 atom stereocenters. The lowest BCUT2D eigenvalue weighted by molar-refractivity contribution is 0.156. The molecule has 0 spiro atoms. The standard InChI is InChI=1S/C17H34N2O/c1-3-18-17(2,14-20)11-6-7-12-19-13-10-15-8-4-5-9-16(15)19/h15-16,18,20H,3-14H2,1-2H3. The van der Waals surface area contributed by atoms with Crippen LogP contribution in [0.2, 0.25) is 0 Å². The van der Waals surface area contributed by atoms with E-state index in [9.17, 15) is 5.11 Å². The van der Waals surface area contributed by atoms with Crippen LogP contribution in [0.3, 0.4) is 0 Å². The number of nitrogens with one attached hydrogen (secondary N) is 1. The Morgan fingerprint density at radius 1 is 1.20 bits per heavy atom. The summed E-state index contributed by atoms with van der Waals surface area (Å²) in [5, 5.41) is 12.9. The zero-order valence-corrected chi connectivity index (χ0v) is 13.5. The Morgan fingerprint density at radius 3 is 2.75 bits per heavy atom. The monoisotopic (exact) mass is 282 g/mol. The van der Waals surface area contributed by atoms with Crippen molar-refractivity contribution in [3.05, 3.63) is 0 Å². The van der Waals surface area contributed by atoms with E-state index in [1.54, 1.807) is 0 Å². The second kappa shape index (κ2) is 7.77. The minimum atomic E-state index is -0.0763. The summed E-state index contributed by atoms with van der Waals surface area (Å²) in [5.74, 6) is 1.01. The van der Waals surface area contributed by atoms with Crippen LogP contribution in [0.5, 0.6) is 0 Å². The lowest BCUT2D eigenvalue weighted by Gasteiger charge is -2.32. The van der Waals surface area contributed by atoms with Gasteiger partial charge in [0.05, 0.1) is 6.61 Å². The van der Waals surface area contributed by atoms with E-state index >= 15 is 0 Å². The first kappa shape index (κ1) is 16.3. The molecule has 0 aromatic rings. The summed E-state index contributed by atoms with van der Waals surface area (Å²) in [4.78, 5) is 2.76. The number of hydrogen-bond acceptors (Lipinski definition) is 3. The predicted octanol–water partition coefficient (Wildman–Crippen LogP) is 2.78. The molecule has 2 fully saturated rings. The number of likely N-dealkylation sites (tertiary alicyclic amines) is 1. The van der Waals surface area contributed by atoms with E-state index in [4.69, 9.17) is 0 Å². The van der Waals surface area contributed by atoms with Gasteiger partial charge in [0.1, 0.15) is 0 Å². The molecule has 0 radical (unpaired) electrons. The van der Waals surface area contributed by atoms with Crippen molar-refractivity contribution >= 4 is 0 Å². The normalized spacial score (nSPS) is 30.1. The molecule has 0 bridgehead atoms. The van der Waals surface area contributed by atoms with Gasteiger partial charge in [-0.15, -0.1) is 0 Å². The number of hydrogen-bond donors (Lipinski definition) is 2. The molecule has 118 valence electrons. The van der Waals surface area contributed by atoms with E-state index in [1.807, 2.05) is 0 Å². The Hall–Kier alpha value is -0.120. The highest BCUT2D eigenvalue weighted by atomic mass is 16.3. The first-order valence-electron chi connectivity index (χ1n) is 8.78. The Kier molecular flexibility index (Phi) is 6.31. The van der Waals surface area contributed by atoms with E-state index in [-0.39, 0.29) is 12.1 Å². The molecule has 2 rings (SSSR count). The molecule has 1 aliphatic heterocycles. The van der Waals surface area contributed by atoms with Crippen LogP contribution < -0.4 is 5.32 Å². The molecular formula is C17H34N2O. The fourth-order valence-electron chi connectivity index (χ4n) is 4.26. The van der Waals surface area contributed by atoms with Crippen molar-refractivity contribution in [1.82, 2.24) is 10.2 Å². The molecule has 0 amide bonds. The summed E-state index contributed by atoms with van der Waals surface area (Å²) in [5.41, 5.74) is -0.0763. The van der Waals surface area contributed by atoms with E-state index in [0.29, 0.717) is 0 Å². The second-order valence-corrected chi connectivity index (χ2v) is 7.14. The first-order valence-corrected chi connectivity index (χ1v) is 8.78. The minimum absolute atomic E-state index is 0.0763. The van der Waals surface area contributed by atoms with Gasteiger partial charge >= 0.3 is 0 Å². The predicted molar refractivity (Wildman–Crippen MR) is 85.0 cm³/mol. The molecule has 3 nitrogen and oxygen atoms in total. The molecular weight excluding hydrogens is 248 g/mol. The van der Waals surface area contributed by atoms with Gasteiger partial charge in [0.25, 0.3) is 0 Å². The number of aliphatic hydroxyl groups is 1. The van der Waals surface area contributed by atoms with Crippen LogP contribution in [0.25, 0.3) is 0 Å². The van der Waals surface area contributed by atoms with Gasteiger partial charge in [-0.1, -0.05) is 26.2 Å². The smallest absolute Gasteiger partial charge is 0.0610 e. The van der Waals surface area contributed by atoms with Gasteiger partial charge in [0, 0.05) is 11.6 Å². The van der Waals surface area contributed by atoms with Crippen molar-refractivity contribution in [3.8, 4) is 0 Å². The van der Waals surface area contributed by atoms with Crippen LogP contribution in [0.4, 0.5) is 0 Å². The zero-order chi connectivity index (χ0) is 14.4. The average molecular weight is 282 g/mol. The van der Waals surface area contributed by atoms with Gasteiger partial charge in [0.2, 0.25) is 0 Å². The first-order chi connectivity index (χ1) is 9.68. The van der Waals surface area contributed by atoms with E-state index < -0.39 is 0 Å². The molecule has 1 saturated heterocycles. The van der Waals surface area contributed by atoms with Gasteiger partial charge in [0.15, 0.2) is 0 Å². The van der Waals surface area contributed by atoms with Crippen molar-refractivity contribution < 1.29 is 5.11 Å². The number of aliphatic hydroxyl groups excluding tert-OH is 1. The number of likely N-dealkylation sites (N-methyl/N-ethyl adjacent to an activating group) is 1. The number of rotatable bonds is 8. The van der Waals surface area contributed by atoms with Gasteiger partial charge < -0.3 is 15.3 Å². The SMILES string of the molecule is CCNC(C)(CO)CCCCN1CCC2CCCCC21. The molecule has 0 aromatic heterocycles. The highest BCUT2D eigenvalue weighted by molar-refractivity contribution is 4.89. The van der Waals surface area contributed by atoms with Crippen LogP contribution in [-0.2, 0) is 0 Å². The van der Waals surface area contributed by atoms with Gasteiger partial charge in [-0.2, -0.15) is 0 Å². The third-order valence-electron chi connectivity index (χ3n) is 5.50. The molecule has 3 heteroatoms. The summed E-state index contributed by atoms with van der Waals surface area (Å²) < 4.78 is 0. The minimum Gasteiger partial charge on any atom is -0.394 e. The number of nitrogens with zero attached hydrogens (tertiary/aromatic N) is 1. The Labute approximate surface area is 125 Å². The van der Waals surface area contributed by atoms with E-state index in [1.165, 1.54) is 58.0 Å². The van der Waals surface area contributed by atoms with Gasteiger partial charge in [-0.3, -0.25) is 0 Å². The Bertz CT molecular complexity index is 284. The average Bonchev–Trinajstić information content (AvgIpc) is 2.87. The second-order valence-electron chi connectivity index (χ2n) is 7.14. The zero-order valence-electron chi connectivity index (χ0n) is 13.5. The van der Waals surface area contributed by atoms with E-state index in [0.717, 1.165) is 24.9 Å². The number of unbranched alkanes of at least 4 members (excludes halogenated alkanes) is 1. The maximum atomic E-state index is 9.51. The maximum Gasteiger partial charge on any atom is 0.0610 e. The lowest BCUT2D eigenvalue weighted by atomic mass is 9.85. The molecule has 20 heavy (non-hydrogen) atoms. The van der Waals surface area contributed by atoms with Crippen LogP contribution in [-0.4, -0.2) is 47.8 Å². The van der Waals surface area contributed by atoms with Crippen LogP contribution >= 0.6 is 0 Å². The Balaban J connectivity index is 1.66. The molecule has 3 unspecified atom stereocenters. The third kappa shape index (κ3) is 4.19. The number of fused-ring (bicyclic) bond motifs is 1. The molecule has 2 N–H and O–H groups in total. The summed E-state index contributed by atoms with van der Waals surface area (Å²) in [6.45, 7) is 8.04. The van der Waals surface area contributed by atoms with Crippen molar-refractivity contribution in [2.45, 2.75) is 76.8 Å². The van der Waals surface area contributed by atoms with Crippen molar-refractivity contribution in [2.24, 2.45) is 5.92 Å². The quantitative estimate of drug-likeness (QED) is 0.672. The third-order valence-corrected chi connectivity index (χ3v) is 5.50. The van der Waals surface area contributed by atoms with Crippen LogP contribution in [0, 0.1) is 5.92 Å². The highest BCUT2D eigenvalue weighted by Gasteiger charge is 2.35. The summed E-state index contributed by atoms with van der Waals surface area (Å²) >= 11 is 0. The summed E-state index contributed by atoms with van der Waals surface area (Å²) in [6, 6.07) is 0.904. The maximum absolute atomic E-state index is 9.51. The van der Waals surface area contributed by atoms with Gasteiger partial charge in [-0.05, 0) is 64.6 Å². The summed E-state index contributed by atoms with van der Waals surface area (Å²) in [6.07, 6.45) is 10.9. The molecule has 0 aromatic carbocycles. The molecule has 1 aliphatic carbocycles. The fraction of sp³-hybridized carbons (Fsp3) is 1.00. The van der Waals surface area contributed by atoms with Crippen LogP contribution in [0.15, 0.2) is 0 Å². The molecule has 2 aliphatic rings. The molecule has 1 saturated carbocycles. The Morgan fingerprint density at radius 2 is 2.00 bits per heavy atom. The lowest BCUT2D eigenvalue weighted by Crippen LogP contribution is -2.45. The van der Waals surface area contributed by atoms with Crippen molar-refractivity contribution in [2.75, 3.05) is 26.2 Å². The van der Waals surface area contributed by atoms with Gasteiger partial charge in [-0.25, -0.2) is 0 Å². The van der Waals surface area contributed by atoms with E-state index in [2.05, 4.69) is 24.1 Å². The molecule has 1 heterocycles. The van der Waals surface area contributed by atoms with Crippen LogP contribution in [0.1, 0.15) is 65.2 Å². The fourth-order valence-corrected chi connectivity index (χ4v) is 4.26. The highest BCUT2D eigenvalue weighted by Crippen LogP contribution is 2.36. The largest absolute Gasteiger partial charge is 0.394 e. The van der Waals surface area contributed by atoms with Crippen molar-refractivity contribution in [1.29, 1.82) is 0 Å². The van der Waals surface area contributed by atoms with Crippen molar-refractivity contribution in [3.63, 3.8) is 0 Å².